The third-order valence-corrected chi connectivity index (χ3v) is 4.79. The third-order valence-electron chi connectivity index (χ3n) is 4.79. The van der Waals surface area contributed by atoms with Crippen LogP contribution in [0.1, 0.15) is 17.7 Å². The van der Waals surface area contributed by atoms with Crippen LogP contribution < -0.4 is 0 Å². The van der Waals surface area contributed by atoms with E-state index in [0.29, 0.717) is 19.4 Å². The molecule has 138 valence electrons. The number of carbonyl (C=O) groups excluding carboxylic acids is 2. The number of benzene rings is 2. The molecule has 0 fully saturated rings. The van der Waals surface area contributed by atoms with Crippen molar-refractivity contribution in [3.05, 3.63) is 78.1 Å². The Bertz CT molecular complexity index is 908. The number of fused-ring (bicyclic) bond motifs is 1. The van der Waals surface area contributed by atoms with Gasteiger partial charge in [0, 0.05) is 49.6 Å². The fourth-order valence-corrected chi connectivity index (χ4v) is 3.14. The van der Waals surface area contributed by atoms with Gasteiger partial charge in [-0.15, -0.1) is 0 Å². The minimum Gasteiger partial charge on any atom is -0.345 e. The molecular formula is C23H24N2O2. The summed E-state index contributed by atoms with van der Waals surface area (Å²) >= 11 is 0. The van der Waals surface area contributed by atoms with Crippen molar-refractivity contribution in [2.45, 2.75) is 19.3 Å². The summed E-state index contributed by atoms with van der Waals surface area (Å²) in [5.41, 5.74) is 2.04. The lowest BCUT2D eigenvalue weighted by Crippen LogP contribution is -2.31. The van der Waals surface area contributed by atoms with E-state index in [-0.39, 0.29) is 18.2 Å². The first-order valence-electron chi connectivity index (χ1n) is 9.22. The maximum Gasteiger partial charge on any atom is 0.223 e. The van der Waals surface area contributed by atoms with Crippen LogP contribution in [0.15, 0.2) is 66.9 Å². The summed E-state index contributed by atoms with van der Waals surface area (Å²) in [5, 5.41) is 2.26. The smallest absolute Gasteiger partial charge is 0.223 e. The summed E-state index contributed by atoms with van der Waals surface area (Å²) in [7, 11) is 1.79. The molecule has 4 nitrogen and oxygen atoms in total. The van der Waals surface area contributed by atoms with Gasteiger partial charge < -0.3 is 9.69 Å². The maximum absolute atomic E-state index is 12.5. The zero-order valence-electron chi connectivity index (χ0n) is 15.5. The number of pyridine rings is 1. The van der Waals surface area contributed by atoms with E-state index in [4.69, 9.17) is 0 Å². The van der Waals surface area contributed by atoms with Crippen molar-refractivity contribution >= 4 is 23.0 Å². The van der Waals surface area contributed by atoms with Crippen molar-refractivity contribution < 1.29 is 9.59 Å². The van der Waals surface area contributed by atoms with Gasteiger partial charge >= 0.3 is 0 Å². The molecule has 1 heterocycles. The molecule has 1 atom stereocenters. The van der Waals surface area contributed by atoms with Gasteiger partial charge in [-0.3, -0.25) is 9.78 Å². The minimum atomic E-state index is -0.291. The van der Waals surface area contributed by atoms with Gasteiger partial charge in [-0.1, -0.05) is 54.6 Å². The van der Waals surface area contributed by atoms with E-state index in [9.17, 15) is 9.59 Å². The molecule has 0 aliphatic rings. The molecule has 0 N–H and O–H groups in total. The Balaban J connectivity index is 1.53. The standard InChI is InChI=1S/C23H24N2O2/c1-25(12-11-22-15-20-9-5-6-10-21(20)16-24-22)23(27)14-19(17-26)13-18-7-3-2-4-8-18/h2-10,15-17,19H,11-14H2,1H3. The van der Waals surface area contributed by atoms with Crippen molar-refractivity contribution in [3.63, 3.8) is 0 Å². The quantitative estimate of drug-likeness (QED) is 0.576. The highest BCUT2D eigenvalue weighted by atomic mass is 16.2. The first-order valence-corrected chi connectivity index (χ1v) is 9.22. The number of nitrogens with zero attached hydrogens (tertiary/aromatic N) is 2. The zero-order chi connectivity index (χ0) is 19.1. The van der Waals surface area contributed by atoms with E-state index in [0.717, 1.165) is 28.3 Å². The van der Waals surface area contributed by atoms with Gasteiger partial charge in [0.25, 0.3) is 0 Å². The van der Waals surface area contributed by atoms with E-state index < -0.39 is 0 Å². The molecule has 1 unspecified atom stereocenters. The number of rotatable bonds is 8. The number of carbonyl (C=O) groups is 2. The fourth-order valence-electron chi connectivity index (χ4n) is 3.14. The second kappa shape index (κ2) is 9.08. The van der Waals surface area contributed by atoms with Gasteiger partial charge in [0.1, 0.15) is 6.29 Å². The Hall–Kier alpha value is -3.01. The van der Waals surface area contributed by atoms with Crippen LogP contribution in [0.5, 0.6) is 0 Å². The van der Waals surface area contributed by atoms with Crippen molar-refractivity contribution in [1.29, 1.82) is 0 Å². The highest BCUT2D eigenvalue weighted by molar-refractivity contribution is 5.82. The Morgan fingerprint density at radius 2 is 1.78 bits per heavy atom. The maximum atomic E-state index is 12.5. The van der Waals surface area contributed by atoms with Crippen LogP contribution >= 0.6 is 0 Å². The van der Waals surface area contributed by atoms with Gasteiger partial charge in [0.05, 0.1) is 0 Å². The Morgan fingerprint density at radius 3 is 2.52 bits per heavy atom. The zero-order valence-corrected chi connectivity index (χ0v) is 15.5. The number of aldehydes is 1. The van der Waals surface area contributed by atoms with Crippen LogP contribution in [0.4, 0.5) is 0 Å². The van der Waals surface area contributed by atoms with Gasteiger partial charge in [0.15, 0.2) is 0 Å². The Labute approximate surface area is 159 Å². The van der Waals surface area contributed by atoms with Crippen molar-refractivity contribution in [2.75, 3.05) is 13.6 Å². The summed E-state index contributed by atoms with van der Waals surface area (Å²) in [6.45, 7) is 0.584. The van der Waals surface area contributed by atoms with Gasteiger partial charge in [-0.25, -0.2) is 0 Å². The van der Waals surface area contributed by atoms with Gasteiger partial charge in [-0.2, -0.15) is 0 Å². The molecule has 0 saturated heterocycles. The predicted molar refractivity (Wildman–Crippen MR) is 107 cm³/mol. The first kappa shape index (κ1) is 18.8. The highest BCUT2D eigenvalue weighted by Gasteiger charge is 2.17. The molecule has 1 amide bonds. The van der Waals surface area contributed by atoms with Crippen molar-refractivity contribution in [3.8, 4) is 0 Å². The van der Waals surface area contributed by atoms with Crippen molar-refractivity contribution in [1.82, 2.24) is 9.88 Å². The molecule has 4 heteroatoms. The molecule has 0 aliphatic heterocycles. The summed E-state index contributed by atoms with van der Waals surface area (Å²) in [6, 6.07) is 20.0. The van der Waals surface area contributed by atoms with Crippen molar-refractivity contribution in [2.24, 2.45) is 5.92 Å². The molecule has 0 spiro atoms. The number of hydrogen-bond acceptors (Lipinski definition) is 3. The SMILES string of the molecule is CN(CCc1cc2ccccc2cn1)C(=O)CC(C=O)Cc1ccccc1. The molecule has 3 aromatic rings. The van der Waals surface area contributed by atoms with Crippen LogP contribution in [0.25, 0.3) is 10.8 Å². The molecular weight excluding hydrogens is 336 g/mol. The average molecular weight is 360 g/mol. The monoisotopic (exact) mass is 360 g/mol. The first-order chi connectivity index (χ1) is 13.2. The van der Waals surface area contributed by atoms with Crippen LogP contribution in [0.2, 0.25) is 0 Å². The van der Waals surface area contributed by atoms with Gasteiger partial charge in [-0.05, 0) is 23.4 Å². The summed E-state index contributed by atoms with van der Waals surface area (Å²) in [6.07, 6.45) is 4.28. The molecule has 0 bridgehead atoms. The average Bonchev–Trinajstić information content (AvgIpc) is 2.72. The van der Waals surface area contributed by atoms with Crippen LogP contribution in [-0.2, 0) is 22.4 Å². The Morgan fingerprint density at radius 1 is 1.07 bits per heavy atom. The number of aromatic nitrogens is 1. The predicted octanol–water partition coefficient (Wildman–Crippen LogP) is 3.68. The van der Waals surface area contributed by atoms with E-state index in [2.05, 4.69) is 17.1 Å². The van der Waals surface area contributed by atoms with Crippen LogP contribution in [0, 0.1) is 5.92 Å². The molecule has 2 aromatic carbocycles. The van der Waals surface area contributed by atoms with E-state index in [1.165, 1.54) is 0 Å². The van der Waals surface area contributed by atoms with E-state index in [1.54, 1.807) is 11.9 Å². The molecule has 27 heavy (non-hydrogen) atoms. The molecule has 3 rings (SSSR count). The summed E-state index contributed by atoms with van der Waals surface area (Å²) in [4.78, 5) is 30.0. The molecule has 0 radical (unpaired) electrons. The molecule has 0 saturated carbocycles. The summed E-state index contributed by atoms with van der Waals surface area (Å²) in [5.74, 6) is -0.301. The lowest BCUT2D eigenvalue weighted by molar-refractivity contribution is -0.132. The van der Waals surface area contributed by atoms with E-state index >= 15 is 0 Å². The fraction of sp³-hybridized carbons (Fsp3) is 0.261. The van der Waals surface area contributed by atoms with Crippen LogP contribution in [0.3, 0.4) is 0 Å². The molecule has 1 aromatic heterocycles. The third kappa shape index (κ3) is 5.23. The Kier molecular flexibility index (Phi) is 6.31. The number of amides is 1. The summed E-state index contributed by atoms with van der Waals surface area (Å²) < 4.78 is 0. The lowest BCUT2D eigenvalue weighted by Gasteiger charge is -2.19. The second-order valence-electron chi connectivity index (χ2n) is 6.88. The normalized spacial score (nSPS) is 11.9. The van der Waals surface area contributed by atoms with Crippen LogP contribution in [-0.4, -0.2) is 35.7 Å². The highest BCUT2D eigenvalue weighted by Crippen LogP contribution is 2.15. The largest absolute Gasteiger partial charge is 0.345 e. The second-order valence-corrected chi connectivity index (χ2v) is 6.88. The topological polar surface area (TPSA) is 50.3 Å². The molecule has 0 aliphatic carbocycles. The minimum absolute atomic E-state index is 0.0104. The number of hydrogen-bond donors (Lipinski definition) is 0. The van der Waals surface area contributed by atoms with Gasteiger partial charge in [0.2, 0.25) is 5.91 Å². The number of likely N-dealkylation sites (N-methyl/N-ethyl adjacent to an activating group) is 1. The van der Waals surface area contributed by atoms with E-state index in [1.807, 2.05) is 54.7 Å². The lowest BCUT2D eigenvalue weighted by atomic mass is 9.97.